The number of aromatic nitrogens is 2. The van der Waals surface area contributed by atoms with E-state index in [1.807, 2.05) is 62.3 Å². The molecule has 5 heterocycles. The summed E-state index contributed by atoms with van der Waals surface area (Å²) in [5, 5.41) is 14.6. The minimum atomic E-state index is -1.09. The van der Waals surface area contributed by atoms with Gasteiger partial charge >= 0.3 is 11.9 Å². The van der Waals surface area contributed by atoms with Gasteiger partial charge in [-0.3, -0.25) is 14.4 Å². The minimum absolute atomic E-state index is 0.0110. The molecule has 21 heteroatoms. The molecule has 3 aromatic carbocycles. The van der Waals surface area contributed by atoms with Crippen LogP contribution in [0.1, 0.15) is 134 Å². The van der Waals surface area contributed by atoms with E-state index in [1.165, 1.54) is 70.3 Å². The van der Waals surface area contributed by atoms with E-state index in [2.05, 4.69) is 25.3 Å². The molecule has 79 heavy (non-hydrogen) atoms. The number of aliphatic carboxylic acids is 1. The van der Waals surface area contributed by atoms with Crippen molar-refractivity contribution in [2.45, 2.75) is 136 Å². The van der Waals surface area contributed by atoms with Gasteiger partial charge in [-0.1, -0.05) is 51.1 Å². The largest absolute Gasteiger partial charge is 0.479 e. The average molecular weight is 1110 g/mol. The first-order valence-corrected chi connectivity index (χ1v) is 25.3. The molecule has 0 bridgehead atoms. The number of nitrogens with one attached hydrogen (secondary N) is 2. The van der Waals surface area contributed by atoms with Crippen molar-refractivity contribution < 1.29 is 74.4 Å². The van der Waals surface area contributed by atoms with Crippen molar-refractivity contribution in [2.75, 3.05) is 17.7 Å². The third-order valence-corrected chi connectivity index (χ3v) is 15.8. The number of halogens is 6. The second-order valence-corrected chi connectivity index (χ2v) is 21.6. The molecule has 5 aromatic rings. The zero-order valence-electron chi connectivity index (χ0n) is 46.0. The Bertz CT molecular complexity index is 3170. The summed E-state index contributed by atoms with van der Waals surface area (Å²) in [4.78, 5) is 68.6. The van der Waals surface area contributed by atoms with Crippen LogP contribution in [0.2, 0.25) is 0 Å². The Kier molecular flexibility index (Phi) is 18.2. The molecule has 0 saturated carbocycles. The van der Waals surface area contributed by atoms with Crippen molar-refractivity contribution in [3.8, 4) is 0 Å². The number of carbonyl (C=O) groups is 5. The van der Waals surface area contributed by atoms with Crippen LogP contribution in [0.5, 0.6) is 0 Å². The van der Waals surface area contributed by atoms with Crippen molar-refractivity contribution in [1.82, 2.24) is 9.97 Å². The van der Waals surface area contributed by atoms with E-state index in [1.54, 1.807) is 12.1 Å². The van der Waals surface area contributed by atoms with Gasteiger partial charge in [-0.2, -0.15) is 0 Å². The Morgan fingerprint density at radius 1 is 0.532 bits per heavy atom. The van der Waals surface area contributed by atoms with Gasteiger partial charge < -0.3 is 40.4 Å². The molecule has 9 atom stereocenters. The molecule has 8 rings (SSSR count). The number of ether oxygens (including phenoxy) is 4. The molecule has 0 aliphatic carbocycles. The number of anilines is 2. The molecule has 0 radical (unpaired) electrons. The second kappa shape index (κ2) is 23.6. The quantitative estimate of drug-likeness (QED) is 0.0758. The number of hydrogen-bond donors (Lipinski definition) is 4. The Morgan fingerprint density at radius 2 is 0.848 bits per heavy atom. The second-order valence-electron chi connectivity index (χ2n) is 21.6. The van der Waals surface area contributed by atoms with Gasteiger partial charge in [0.05, 0.1) is 23.9 Å². The number of nitrogens with two attached hydrogens (primary N) is 1. The third-order valence-electron chi connectivity index (χ3n) is 15.8. The van der Waals surface area contributed by atoms with Crippen LogP contribution in [0.15, 0.2) is 72.8 Å². The Hall–Kier alpha value is -7.23. The van der Waals surface area contributed by atoms with Crippen molar-refractivity contribution >= 4 is 41.3 Å². The van der Waals surface area contributed by atoms with Crippen molar-refractivity contribution in [3.05, 3.63) is 152 Å². The van der Waals surface area contributed by atoms with Crippen LogP contribution < -0.4 is 16.4 Å². The van der Waals surface area contributed by atoms with Crippen LogP contribution in [0.25, 0.3) is 0 Å². The highest BCUT2D eigenvalue weighted by Crippen LogP contribution is 2.50. The van der Waals surface area contributed by atoms with Crippen LogP contribution >= 0.6 is 0 Å². The van der Waals surface area contributed by atoms with Gasteiger partial charge in [0.15, 0.2) is 46.7 Å². The van der Waals surface area contributed by atoms with Crippen LogP contribution in [-0.4, -0.2) is 87.0 Å². The maximum absolute atomic E-state index is 14.2. The molecule has 3 saturated heterocycles. The third kappa shape index (κ3) is 12.6. The topological polar surface area (TPSA) is 218 Å². The molecule has 3 amide bonds. The molecule has 5 N–H and O–H groups in total. The van der Waals surface area contributed by atoms with Crippen LogP contribution in [0.3, 0.4) is 0 Å². The van der Waals surface area contributed by atoms with Gasteiger partial charge in [-0.05, 0) is 156 Å². The molecule has 0 unspecified atom stereocenters. The first-order chi connectivity index (χ1) is 36.8. The Labute approximate surface area is 454 Å². The van der Waals surface area contributed by atoms with Gasteiger partial charge in [0.1, 0.15) is 29.5 Å². The number of pyridine rings is 2. The zero-order chi connectivity index (χ0) is 59.0. The fourth-order valence-electron chi connectivity index (χ4n) is 10.4. The SMILES string of the molecule is COC(=O)c1cccc(NC(=O)[C@@H]2OC(C)(C)[C@@H](C)[C@H]2c2ccc(F)c(F)c2C)n1.Cc1c([C@H]2[C@H](C(=O)Nc3cccc(C(N)=O)n3)OC(C)(C)[C@H]2C)ccc(F)c1F.Cc1c([C@H]2[C@H](C(=O)O)OC(C)(C)[C@H]2C)ccc(F)c1F. The molecule has 3 fully saturated rings. The maximum atomic E-state index is 14.2. The summed E-state index contributed by atoms with van der Waals surface area (Å²) in [6.45, 7) is 21.1. The van der Waals surface area contributed by atoms with E-state index >= 15 is 0 Å². The number of amides is 3. The number of carboxylic acids is 1. The highest BCUT2D eigenvalue weighted by Gasteiger charge is 2.54. The molecule has 424 valence electrons. The predicted molar refractivity (Wildman–Crippen MR) is 279 cm³/mol. The highest BCUT2D eigenvalue weighted by molar-refractivity contribution is 5.97. The van der Waals surface area contributed by atoms with Gasteiger partial charge in [-0.25, -0.2) is 45.9 Å². The minimum Gasteiger partial charge on any atom is -0.479 e. The van der Waals surface area contributed by atoms with E-state index in [-0.39, 0.29) is 57.5 Å². The number of rotatable bonds is 10. The predicted octanol–water partition coefficient (Wildman–Crippen LogP) is 10.5. The summed E-state index contributed by atoms with van der Waals surface area (Å²) in [5.74, 6) is -10.7. The molecule has 0 spiro atoms. The smallest absolute Gasteiger partial charge is 0.356 e. The van der Waals surface area contributed by atoms with E-state index in [0.29, 0.717) is 16.7 Å². The number of hydrogen-bond acceptors (Lipinski definition) is 11. The number of carboxylic acid groups (broad SMARTS) is 1. The Balaban J connectivity index is 0.000000195. The number of benzene rings is 3. The Morgan fingerprint density at radius 3 is 1.18 bits per heavy atom. The number of esters is 1. The summed E-state index contributed by atoms with van der Waals surface area (Å²) in [7, 11) is 1.24. The molecular weight excluding hydrogens is 1040 g/mol. The van der Waals surface area contributed by atoms with Crippen LogP contribution in [-0.2, 0) is 33.3 Å². The first-order valence-electron chi connectivity index (χ1n) is 25.3. The number of primary amides is 1. The molecule has 15 nitrogen and oxygen atoms in total. The van der Waals surface area contributed by atoms with Crippen molar-refractivity contribution in [3.63, 3.8) is 0 Å². The lowest BCUT2D eigenvalue weighted by atomic mass is 9.77. The molecule has 3 aliphatic heterocycles. The van der Waals surface area contributed by atoms with E-state index in [9.17, 15) is 55.4 Å². The summed E-state index contributed by atoms with van der Waals surface area (Å²) in [6, 6.07) is 16.7. The normalized spacial score (nSPS) is 24.3. The first kappa shape index (κ1) is 61.0. The summed E-state index contributed by atoms with van der Waals surface area (Å²) in [6.07, 6.45) is -2.96. The van der Waals surface area contributed by atoms with Gasteiger partial charge in [-0.15, -0.1) is 0 Å². The standard InChI is InChI=1S/C22H24F2N2O4.C21H23F2N3O3.C15H18F2O3/c1-11-13(9-10-14(23)18(11)24)17-12(2)22(3,4)30-19(17)20(27)26-16-8-6-7-15(25-16)21(28)29-5;1-10-12(8-9-13(22)17(10)23)16-11(2)21(3,4)29-18(16)20(28)26-15-7-5-6-14(25-15)19(24)27;1-7-9(5-6-10(16)12(7)17)11-8(2)15(3,4)20-13(11)14(18)19/h6-10,12,17,19H,1-5H3,(H,25,26,27);5-9,11,16,18H,1-4H3,(H2,24,27)(H,25,26,28);5-6,8,11,13H,1-4H3,(H,18,19)/t12-,17-,19+;11-,16-,18+;8-,11-,13+/m000/s1. The zero-order valence-corrected chi connectivity index (χ0v) is 46.0. The monoisotopic (exact) mass is 1110 g/mol. The number of nitrogens with zero attached hydrogens (tertiary/aromatic N) is 2. The molecule has 3 aliphatic rings. The van der Waals surface area contributed by atoms with Gasteiger partial charge in [0.25, 0.3) is 17.7 Å². The lowest BCUT2D eigenvalue weighted by molar-refractivity contribution is -0.153. The highest BCUT2D eigenvalue weighted by atomic mass is 19.2. The van der Waals surface area contributed by atoms with Gasteiger partial charge in [0.2, 0.25) is 0 Å². The number of methoxy groups -OCH3 is 1. The number of carbonyl (C=O) groups excluding carboxylic acids is 4. The van der Waals surface area contributed by atoms with E-state index in [0.717, 1.165) is 18.2 Å². The van der Waals surface area contributed by atoms with E-state index < -0.39 is 117 Å². The molecule has 2 aromatic heterocycles. The molecular formula is C58H65F6N5O10. The fourth-order valence-corrected chi connectivity index (χ4v) is 10.4. The summed E-state index contributed by atoms with van der Waals surface area (Å²) >= 11 is 0. The van der Waals surface area contributed by atoms with Gasteiger partial charge in [0, 0.05) is 17.8 Å². The van der Waals surface area contributed by atoms with E-state index in [4.69, 9.17) is 19.9 Å². The fraction of sp³-hybridized carbons (Fsp3) is 0.431. The summed E-state index contributed by atoms with van der Waals surface area (Å²) < 4.78 is 105. The van der Waals surface area contributed by atoms with Crippen LogP contribution in [0, 0.1) is 73.4 Å². The lowest BCUT2D eigenvalue weighted by Gasteiger charge is -2.25. The maximum Gasteiger partial charge on any atom is 0.356 e. The lowest BCUT2D eigenvalue weighted by Crippen LogP contribution is -2.33. The summed E-state index contributed by atoms with van der Waals surface area (Å²) in [5.41, 5.74) is 5.27. The average Bonchev–Trinajstić information content (AvgIpc) is 3.90. The van der Waals surface area contributed by atoms with Crippen molar-refractivity contribution in [2.24, 2.45) is 23.5 Å². The van der Waals surface area contributed by atoms with Crippen molar-refractivity contribution in [1.29, 1.82) is 0 Å². The van der Waals surface area contributed by atoms with Crippen LogP contribution in [0.4, 0.5) is 38.0 Å².